The fourth-order valence-electron chi connectivity index (χ4n) is 3.16. The van der Waals surface area contributed by atoms with Gasteiger partial charge >= 0.3 is 5.97 Å². The molecule has 5 nitrogen and oxygen atoms in total. The summed E-state index contributed by atoms with van der Waals surface area (Å²) in [6.07, 6.45) is 3.51. The van der Waals surface area contributed by atoms with Crippen LogP contribution in [0.15, 0.2) is 0 Å². The van der Waals surface area contributed by atoms with Crippen molar-refractivity contribution in [2.45, 2.75) is 25.7 Å². The van der Waals surface area contributed by atoms with E-state index < -0.39 is 0 Å². The molecule has 0 saturated heterocycles. The van der Waals surface area contributed by atoms with Crippen LogP contribution >= 0.6 is 0 Å². The summed E-state index contributed by atoms with van der Waals surface area (Å²) in [6.45, 7) is 0. The summed E-state index contributed by atoms with van der Waals surface area (Å²) in [4.78, 5) is 27.9. The maximum absolute atomic E-state index is 11.8. The van der Waals surface area contributed by atoms with Crippen LogP contribution in [0.3, 0.4) is 0 Å². The molecule has 0 bridgehead atoms. The van der Waals surface area contributed by atoms with Crippen LogP contribution in [0, 0.1) is 17.3 Å². The number of nitrogens with zero attached hydrogens (tertiary/aromatic N) is 1. The van der Waals surface area contributed by atoms with Gasteiger partial charge in [-0.3, -0.25) is 14.4 Å². The van der Waals surface area contributed by atoms with Crippen molar-refractivity contribution in [2.75, 3.05) is 21.3 Å². The van der Waals surface area contributed by atoms with Gasteiger partial charge in [0.05, 0.1) is 20.1 Å². The normalized spacial score (nSPS) is 34.8. The summed E-state index contributed by atoms with van der Waals surface area (Å²) in [5, 5.41) is 1.29. The van der Waals surface area contributed by atoms with Crippen LogP contribution in [0.1, 0.15) is 25.7 Å². The third-order valence-electron chi connectivity index (χ3n) is 4.19. The van der Waals surface area contributed by atoms with E-state index in [0.717, 1.165) is 25.7 Å². The molecule has 5 heteroatoms. The first-order valence-corrected chi connectivity index (χ1v) is 5.91. The van der Waals surface area contributed by atoms with Crippen molar-refractivity contribution in [1.82, 2.24) is 5.06 Å². The van der Waals surface area contributed by atoms with Gasteiger partial charge in [0.25, 0.3) is 0 Å². The van der Waals surface area contributed by atoms with Crippen molar-refractivity contribution in [3.63, 3.8) is 0 Å². The lowest BCUT2D eigenvalue weighted by Gasteiger charge is -2.56. The van der Waals surface area contributed by atoms with Crippen LogP contribution in [-0.2, 0) is 19.2 Å². The van der Waals surface area contributed by atoms with Crippen molar-refractivity contribution in [3.05, 3.63) is 0 Å². The van der Waals surface area contributed by atoms with Crippen LogP contribution in [0.4, 0.5) is 0 Å². The van der Waals surface area contributed by atoms with E-state index in [9.17, 15) is 9.59 Å². The van der Waals surface area contributed by atoms with Gasteiger partial charge < -0.3 is 4.74 Å². The molecule has 0 aliphatic heterocycles. The van der Waals surface area contributed by atoms with Gasteiger partial charge in [-0.15, -0.1) is 0 Å². The fraction of sp³-hybridized carbons (Fsp3) is 0.833. The molecule has 0 N–H and O–H groups in total. The number of carbonyl (C=O) groups is 2. The second-order valence-corrected chi connectivity index (χ2v) is 5.25. The SMILES string of the molecule is COC(=O)C1CC2(C1)CC(C(=O)N(C)OC)C2. The molecule has 0 aromatic rings. The highest BCUT2D eigenvalue weighted by atomic mass is 16.7. The molecule has 0 heterocycles. The fourth-order valence-corrected chi connectivity index (χ4v) is 3.16. The van der Waals surface area contributed by atoms with E-state index in [1.807, 2.05) is 0 Å². The van der Waals surface area contributed by atoms with E-state index in [1.54, 1.807) is 7.05 Å². The van der Waals surface area contributed by atoms with E-state index in [-0.39, 0.29) is 29.1 Å². The Morgan fingerprint density at radius 1 is 1.12 bits per heavy atom. The smallest absolute Gasteiger partial charge is 0.308 e. The zero-order valence-corrected chi connectivity index (χ0v) is 10.6. The number of esters is 1. The monoisotopic (exact) mass is 241 g/mol. The van der Waals surface area contributed by atoms with E-state index >= 15 is 0 Å². The lowest BCUT2D eigenvalue weighted by atomic mass is 9.48. The molecule has 0 atom stereocenters. The van der Waals surface area contributed by atoms with Crippen LogP contribution in [-0.4, -0.2) is 38.2 Å². The predicted octanol–water partition coefficient (Wildman–Crippen LogP) is 0.986. The van der Waals surface area contributed by atoms with Crippen molar-refractivity contribution in [1.29, 1.82) is 0 Å². The summed E-state index contributed by atoms with van der Waals surface area (Å²) in [6, 6.07) is 0. The number of hydroxylamine groups is 2. The van der Waals surface area contributed by atoms with Gasteiger partial charge in [-0.2, -0.15) is 0 Å². The highest BCUT2D eigenvalue weighted by molar-refractivity contribution is 5.79. The molecule has 96 valence electrons. The molecule has 2 saturated carbocycles. The highest BCUT2D eigenvalue weighted by Gasteiger charge is 2.57. The minimum atomic E-state index is -0.112. The Morgan fingerprint density at radius 3 is 2.12 bits per heavy atom. The van der Waals surface area contributed by atoms with Gasteiger partial charge in [0.2, 0.25) is 5.91 Å². The maximum Gasteiger partial charge on any atom is 0.308 e. The number of amides is 1. The van der Waals surface area contributed by atoms with Gasteiger partial charge in [-0.25, -0.2) is 5.06 Å². The molecule has 2 rings (SSSR count). The van der Waals surface area contributed by atoms with Crippen LogP contribution in [0.25, 0.3) is 0 Å². The molecule has 2 aliphatic carbocycles. The summed E-state index contributed by atoms with van der Waals surface area (Å²) >= 11 is 0. The van der Waals surface area contributed by atoms with E-state index in [2.05, 4.69) is 0 Å². The molecular weight excluding hydrogens is 222 g/mol. The lowest BCUT2D eigenvalue weighted by molar-refractivity contribution is -0.189. The molecule has 0 aromatic carbocycles. The number of hydrogen-bond donors (Lipinski definition) is 0. The van der Waals surface area contributed by atoms with Gasteiger partial charge in [0, 0.05) is 13.0 Å². The van der Waals surface area contributed by atoms with Crippen molar-refractivity contribution < 1.29 is 19.2 Å². The van der Waals surface area contributed by atoms with Gasteiger partial charge in [0.15, 0.2) is 0 Å². The van der Waals surface area contributed by atoms with Crippen molar-refractivity contribution >= 4 is 11.9 Å². The Morgan fingerprint density at radius 2 is 1.65 bits per heavy atom. The van der Waals surface area contributed by atoms with Gasteiger partial charge in [0.1, 0.15) is 0 Å². The molecule has 1 amide bonds. The zero-order chi connectivity index (χ0) is 12.6. The molecule has 0 radical (unpaired) electrons. The van der Waals surface area contributed by atoms with E-state index in [4.69, 9.17) is 9.57 Å². The number of ether oxygens (including phenoxy) is 1. The Balaban J connectivity index is 1.77. The quantitative estimate of drug-likeness (QED) is 0.546. The summed E-state index contributed by atoms with van der Waals surface area (Å²) < 4.78 is 4.71. The van der Waals surface area contributed by atoms with Crippen LogP contribution in [0.2, 0.25) is 0 Å². The van der Waals surface area contributed by atoms with Crippen LogP contribution in [0.5, 0.6) is 0 Å². The molecule has 2 aliphatic rings. The molecular formula is C12H19NO4. The second kappa shape index (κ2) is 4.29. The third-order valence-corrected chi connectivity index (χ3v) is 4.19. The molecule has 0 unspecified atom stereocenters. The number of hydrogen-bond acceptors (Lipinski definition) is 4. The highest BCUT2D eigenvalue weighted by Crippen LogP contribution is 2.61. The topological polar surface area (TPSA) is 55.8 Å². The molecule has 2 fully saturated rings. The van der Waals surface area contributed by atoms with E-state index in [0.29, 0.717) is 0 Å². The lowest BCUT2D eigenvalue weighted by Crippen LogP contribution is -2.53. The largest absolute Gasteiger partial charge is 0.469 e. The summed E-state index contributed by atoms with van der Waals surface area (Å²) in [7, 11) is 4.54. The first kappa shape index (κ1) is 12.4. The maximum atomic E-state index is 11.8. The average molecular weight is 241 g/mol. The Kier molecular flexibility index (Phi) is 3.12. The number of methoxy groups -OCH3 is 1. The average Bonchev–Trinajstić information content (AvgIpc) is 2.23. The van der Waals surface area contributed by atoms with Crippen molar-refractivity contribution in [2.24, 2.45) is 17.3 Å². The Hall–Kier alpha value is -1.10. The van der Waals surface area contributed by atoms with Gasteiger partial charge in [-0.1, -0.05) is 0 Å². The Bertz CT molecular complexity index is 327. The second-order valence-electron chi connectivity index (χ2n) is 5.25. The minimum Gasteiger partial charge on any atom is -0.469 e. The first-order valence-electron chi connectivity index (χ1n) is 5.91. The molecule has 17 heavy (non-hydrogen) atoms. The summed E-state index contributed by atoms with van der Waals surface area (Å²) in [5.41, 5.74) is 0.230. The first-order chi connectivity index (χ1) is 8.01. The minimum absolute atomic E-state index is 0.0413. The van der Waals surface area contributed by atoms with E-state index in [1.165, 1.54) is 19.3 Å². The van der Waals surface area contributed by atoms with Gasteiger partial charge in [-0.05, 0) is 31.1 Å². The number of rotatable bonds is 3. The van der Waals surface area contributed by atoms with Crippen molar-refractivity contribution in [3.8, 4) is 0 Å². The summed E-state index contributed by atoms with van der Waals surface area (Å²) in [5.74, 6) is 0.0498. The zero-order valence-electron chi connectivity index (χ0n) is 10.6. The Labute approximate surface area is 101 Å². The molecule has 1 spiro atoms. The van der Waals surface area contributed by atoms with Crippen LogP contribution < -0.4 is 0 Å². The molecule has 0 aromatic heterocycles. The standard InChI is InChI=1S/C12H19NO4/c1-13(17-3)10(14)8-4-12(5-8)6-9(7-12)11(15)16-2/h8-9H,4-7H2,1-3H3. The predicted molar refractivity (Wildman–Crippen MR) is 59.7 cm³/mol. The third kappa shape index (κ3) is 2.04. The number of carbonyl (C=O) groups excluding carboxylic acids is 2.